The van der Waals surface area contributed by atoms with Gasteiger partial charge in [-0.2, -0.15) is 0 Å². The van der Waals surface area contributed by atoms with E-state index >= 15 is 0 Å². The zero-order valence-corrected chi connectivity index (χ0v) is 11.7. The molecule has 2 aromatic carbocycles. The van der Waals surface area contributed by atoms with Crippen LogP contribution in [-0.2, 0) is 6.54 Å². The summed E-state index contributed by atoms with van der Waals surface area (Å²) < 4.78 is 12.8. The Labute approximate surface area is 129 Å². The monoisotopic (exact) mass is 318 g/mol. The van der Waals surface area contributed by atoms with Gasteiger partial charge in [0.15, 0.2) is 0 Å². The number of carbonyl (C=O) groups excluding carboxylic acids is 1. The Kier molecular flexibility index (Phi) is 4.65. The van der Waals surface area contributed by atoms with Crippen molar-refractivity contribution in [3.63, 3.8) is 0 Å². The van der Waals surface area contributed by atoms with Gasteiger partial charge in [0.05, 0.1) is 16.1 Å². The molecular formula is C15H11FN2O5. The largest absolute Gasteiger partial charge is 0.478 e. The lowest BCUT2D eigenvalue weighted by molar-refractivity contribution is -0.384. The normalized spacial score (nSPS) is 10.1. The minimum absolute atomic E-state index is 0.0286. The van der Waals surface area contributed by atoms with E-state index in [0.717, 1.165) is 18.2 Å². The first kappa shape index (κ1) is 16.1. The highest BCUT2D eigenvalue weighted by Crippen LogP contribution is 2.18. The van der Waals surface area contributed by atoms with Crippen molar-refractivity contribution in [3.8, 4) is 0 Å². The number of benzene rings is 2. The van der Waals surface area contributed by atoms with Crippen LogP contribution in [0.25, 0.3) is 0 Å². The Balaban J connectivity index is 2.23. The standard InChI is InChI=1S/C15H11FN2O5/c16-10-3-1-9(2-4-10)8-17-14(19)13-7-11(18(22)23)5-6-12(13)15(20)21/h1-7H,8H2,(H,17,19)(H,20,21). The van der Waals surface area contributed by atoms with Crippen molar-refractivity contribution in [2.45, 2.75) is 6.54 Å². The summed E-state index contributed by atoms with van der Waals surface area (Å²) in [5.74, 6) is -2.56. The van der Waals surface area contributed by atoms with E-state index in [0.29, 0.717) is 5.56 Å². The van der Waals surface area contributed by atoms with Gasteiger partial charge in [0, 0.05) is 18.7 Å². The second-order valence-corrected chi connectivity index (χ2v) is 4.60. The molecule has 0 aliphatic rings. The topological polar surface area (TPSA) is 110 Å². The fourth-order valence-electron chi connectivity index (χ4n) is 1.90. The van der Waals surface area contributed by atoms with Crippen molar-refractivity contribution >= 4 is 17.6 Å². The third kappa shape index (κ3) is 3.88. The van der Waals surface area contributed by atoms with Gasteiger partial charge in [0.1, 0.15) is 5.82 Å². The zero-order valence-electron chi connectivity index (χ0n) is 11.7. The Morgan fingerprint density at radius 1 is 1.13 bits per heavy atom. The predicted octanol–water partition coefficient (Wildman–Crippen LogP) is 2.36. The lowest BCUT2D eigenvalue weighted by Gasteiger charge is -2.08. The maximum Gasteiger partial charge on any atom is 0.336 e. The van der Waals surface area contributed by atoms with Gasteiger partial charge in [0.2, 0.25) is 0 Å². The minimum Gasteiger partial charge on any atom is -0.478 e. The zero-order chi connectivity index (χ0) is 17.0. The molecule has 0 aromatic heterocycles. The summed E-state index contributed by atoms with van der Waals surface area (Å²) in [6.07, 6.45) is 0. The molecule has 1 amide bonds. The molecule has 0 radical (unpaired) electrons. The summed E-state index contributed by atoms with van der Waals surface area (Å²) in [5.41, 5.74) is -0.440. The molecule has 0 bridgehead atoms. The fourth-order valence-corrected chi connectivity index (χ4v) is 1.90. The SMILES string of the molecule is O=C(O)c1ccc([N+](=O)[O-])cc1C(=O)NCc1ccc(F)cc1. The lowest BCUT2D eigenvalue weighted by Crippen LogP contribution is -2.25. The highest BCUT2D eigenvalue weighted by atomic mass is 19.1. The first-order valence-corrected chi connectivity index (χ1v) is 6.43. The number of carboxylic acid groups (broad SMARTS) is 1. The summed E-state index contributed by atoms with van der Waals surface area (Å²) in [4.78, 5) is 33.3. The maximum absolute atomic E-state index is 12.8. The number of aromatic carboxylic acids is 1. The molecule has 0 aliphatic heterocycles. The van der Waals surface area contributed by atoms with Gasteiger partial charge in [0.25, 0.3) is 11.6 Å². The number of nitrogens with one attached hydrogen (secondary N) is 1. The van der Waals surface area contributed by atoms with E-state index < -0.39 is 22.6 Å². The second-order valence-electron chi connectivity index (χ2n) is 4.60. The molecule has 0 atom stereocenters. The number of hydrogen-bond donors (Lipinski definition) is 2. The van der Waals surface area contributed by atoms with Crippen LogP contribution >= 0.6 is 0 Å². The van der Waals surface area contributed by atoms with Crippen molar-refractivity contribution in [2.75, 3.05) is 0 Å². The van der Waals surface area contributed by atoms with Crippen LogP contribution in [0.2, 0.25) is 0 Å². The number of rotatable bonds is 5. The molecule has 0 saturated carbocycles. The van der Waals surface area contributed by atoms with Crippen LogP contribution in [-0.4, -0.2) is 21.9 Å². The summed E-state index contributed by atoms with van der Waals surface area (Å²) in [6.45, 7) is 0.0286. The Bertz CT molecular complexity index is 774. The number of carboxylic acids is 1. The van der Waals surface area contributed by atoms with E-state index in [2.05, 4.69) is 5.32 Å². The molecule has 0 saturated heterocycles. The van der Waals surface area contributed by atoms with E-state index in [1.165, 1.54) is 24.3 Å². The molecule has 23 heavy (non-hydrogen) atoms. The van der Waals surface area contributed by atoms with Crippen LogP contribution in [0.5, 0.6) is 0 Å². The van der Waals surface area contributed by atoms with Crippen LogP contribution in [0.3, 0.4) is 0 Å². The number of nitrogens with zero attached hydrogens (tertiary/aromatic N) is 1. The van der Waals surface area contributed by atoms with Gasteiger partial charge in [-0.15, -0.1) is 0 Å². The van der Waals surface area contributed by atoms with E-state index in [4.69, 9.17) is 5.11 Å². The first-order chi connectivity index (χ1) is 10.9. The molecule has 0 fully saturated rings. The van der Waals surface area contributed by atoms with E-state index in [-0.39, 0.29) is 23.4 Å². The maximum atomic E-state index is 12.8. The van der Waals surface area contributed by atoms with E-state index in [9.17, 15) is 24.1 Å². The lowest BCUT2D eigenvalue weighted by atomic mass is 10.1. The van der Waals surface area contributed by atoms with Crippen LogP contribution in [0, 0.1) is 15.9 Å². The Morgan fingerprint density at radius 2 is 1.78 bits per heavy atom. The number of hydrogen-bond acceptors (Lipinski definition) is 4. The van der Waals surface area contributed by atoms with Crippen molar-refractivity contribution in [1.29, 1.82) is 0 Å². The van der Waals surface area contributed by atoms with Gasteiger partial charge >= 0.3 is 5.97 Å². The molecule has 7 nitrogen and oxygen atoms in total. The molecule has 2 N–H and O–H groups in total. The highest BCUT2D eigenvalue weighted by molar-refractivity contribution is 6.05. The average Bonchev–Trinajstić information content (AvgIpc) is 2.53. The van der Waals surface area contributed by atoms with Crippen molar-refractivity contribution in [2.24, 2.45) is 0 Å². The predicted molar refractivity (Wildman–Crippen MR) is 77.6 cm³/mol. The van der Waals surface area contributed by atoms with Crippen LogP contribution in [0.1, 0.15) is 26.3 Å². The smallest absolute Gasteiger partial charge is 0.336 e. The second kappa shape index (κ2) is 6.65. The summed E-state index contributed by atoms with van der Waals surface area (Å²) in [6, 6.07) is 8.29. The number of nitro benzene ring substituents is 1. The summed E-state index contributed by atoms with van der Waals surface area (Å²) in [5, 5.41) is 22.3. The van der Waals surface area contributed by atoms with Gasteiger partial charge in [-0.05, 0) is 23.8 Å². The molecular weight excluding hydrogens is 307 g/mol. The third-order valence-corrected chi connectivity index (χ3v) is 3.06. The molecule has 2 aromatic rings. The summed E-state index contributed by atoms with van der Waals surface area (Å²) in [7, 11) is 0. The molecule has 118 valence electrons. The van der Waals surface area contributed by atoms with Crippen LogP contribution in [0.15, 0.2) is 42.5 Å². The van der Waals surface area contributed by atoms with Gasteiger partial charge < -0.3 is 10.4 Å². The van der Waals surface area contributed by atoms with Gasteiger partial charge in [-0.25, -0.2) is 9.18 Å². The van der Waals surface area contributed by atoms with Gasteiger partial charge in [-0.3, -0.25) is 14.9 Å². The molecule has 0 spiro atoms. The quantitative estimate of drug-likeness (QED) is 0.649. The van der Waals surface area contributed by atoms with Crippen LogP contribution < -0.4 is 5.32 Å². The number of nitro groups is 1. The van der Waals surface area contributed by atoms with Crippen molar-refractivity contribution in [1.82, 2.24) is 5.32 Å². The first-order valence-electron chi connectivity index (χ1n) is 6.43. The van der Waals surface area contributed by atoms with Crippen LogP contribution in [0.4, 0.5) is 10.1 Å². The molecule has 2 rings (SSSR count). The number of amides is 1. The van der Waals surface area contributed by atoms with Gasteiger partial charge in [-0.1, -0.05) is 12.1 Å². The average molecular weight is 318 g/mol. The number of halogens is 1. The number of non-ortho nitro benzene ring substituents is 1. The van der Waals surface area contributed by atoms with E-state index in [1.807, 2.05) is 0 Å². The molecule has 0 unspecified atom stereocenters. The Morgan fingerprint density at radius 3 is 2.35 bits per heavy atom. The number of carbonyl (C=O) groups is 2. The molecule has 8 heteroatoms. The third-order valence-electron chi connectivity index (χ3n) is 3.06. The van der Waals surface area contributed by atoms with Crippen molar-refractivity contribution < 1.29 is 24.0 Å². The minimum atomic E-state index is -1.37. The van der Waals surface area contributed by atoms with Crippen molar-refractivity contribution in [3.05, 3.63) is 75.1 Å². The highest BCUT2D eigenvalue weighted by Gasteiger charge is 2.20. The summed E-state index contributed by atoms with van der Waals surface area (Å²) >= 11 is 0. The molecule has 0 heterocycles. The Hall–Kier alpha value is -3.29. The molecule has 0 aliphatic carbocycles. The fraction of sp³-hybridized carbons (Fsp3) is 0.0667. The van der Waals surface area contributed by atoms with E-state index in [1.54, 1.807) is 0 Å².